The van der Waals surface area contributed by atoms with Gasteiger partial charge in [0.15, 0.2) is 5.69 Å². The summed E-state index contributed by atoms with van der Waals surface area (Å²) in [6, 6.07) is 8.40. The van der Waals surface area contributed by atoms with Gasteiger partial charge >= 0.3 is 6.18 Å². The Labute approximate surface area is 249 Å². The van der Waals surface area contributed by atoms with Crippen molar-refractivity contribution in [1.29, 1.82) is 0 Å². The molecule has 2 aromatic heterocycles. The molecule has 1 atom stereocenters. The van der Waals surface area contributed by atoms with Gasteiger partial charge in [-0.05, 0) is 54.9 Å². The molecule has 8 nitrogen and oxygen atoms in total. The fourth-order valence-corrected chi connectivity index (χ4v) is 4.49. The first kappa shape index (κ1) is 33.8. The van der Waals surface area contributed by atoms with Gasteiger partial charge in [-0.15, -0.1) is 0 Å². The summed E-state index contributed by atoms with van der Waals surface area (Å²) < 4.78 is 83.3. The summed E-state index contributed by atoms with van der Waals surface area (Å²) in [6.45, 7) is 3.23. The Morgan fingerprint density at radius 3 is 2.32 bits per heavy atom. The summed E-state index contributed by atoms with van der Waals surface area (Å²) >= 11 is 0. The number of amides is 2. The van der Waals surface area contributed by atoms with E-state index in [2.05, 4.69) is 20.7 Å². The van der Waals surface area contributed by atoms with Crippen LogP contribution in [-0.4, -0.2) is 33.6 Å². The number of nitrogens with one attached hydrogen (secondary N) is 2. The van der Waals surface area contributed by atoms with Crippen molar-refractivity contribution in [3.63, 3.8) is 0 Å². The number of alkyl halides is 3. The third-order valence-electron chi connectivity index (χ3n) is 6.19. The molecule has 0 saturated carbocycles. The van der Waals surface area contributed by atoms with Crippen molar-refractivity contribution < 1.29 is 35.9 Å². The number of carbonyl (C=O) groups excluding carboxylic acids is 2. The molecule has 4 rings (SSSR count). The zero-order valence-corrected chi connectivity index (χ0v) is 24.0. The van der Waals surface area contributed by atoms with Gasteiger partial charge in [0, 0.05) is 36.1 Å². The van der Waals surface area contributed by atoms with Crippen LogP contribution in [0.4, 0.5) is 26.3 Å². The van der Waals surface area contributed by atoms with Crippen LogP contribution in [0.15, 0.2) is 60.9 Å². The van der Waals surface area contributed by atoms with Crippen molar-refractivity contribution in [3.8, 4) is 11.1 Å². The summed E-state index contributed by atoms with van der Waals surface area (Å²) in [7, 11) is 1.46. The number of hydrogen-bond acceptors (Lipinski definition) is 5. The quantitative estimate of drug-likeness (QED) is 0.208. The summed E-state index contributed by atoms with van der Waals surface area (Å²) in [5.41, 5.74) is 4.51. The lowest BCUT2D eigenvalue weighted by atomic mass is 9.94. The van der Waals surface area contributed by atoms with Gasteiger partial charge in [-0.2, -0.15) is 18.3 Å². The number of hydrogen-bond donors (Lipinski definition) is 3. The maximum Gasteiger partial charge on any atom is 0.435 e. The molecule has 2 aromatic carbocycles. The summed E-state index contributed by atoms with van der Waals surface area (Å²) in [4.78, 5) is 29.2. The fourth-order valence-electron chi connectivity index (χ4n) is 4.49. The normalized spacial score (nSPS) is 11.8. The average Bonchev–Trinajstić information content (AvgIpc) is 3.36. The SMILES string of the molecule is CC.CNCc1cn(CC(=O)NC(Cc2cc(F)cc(F)c2)c2ncccc2-c2ccc(F)c(C(N)=O)c2)nc1C(F)(F)F. The zero-order chi connectivity index (χ0) is 32.6. The first-order chi connectivity index (χ1) is 20.8. The van der Waals surface area contributed by atoms with Crippen molar-refractivity contribution in [2.45, 2.75) is 45.6 Å². The van der Waals surface area contributed by atoms with Crippen molar-refractivity contribution in [2.75, 3.05) is 7.05 Å². The number of primary amides is 1. The molecule has 14 heteroatoms. The Morgan fingerprint density at radius 1 is 1.02 bits per heavy atom. The number of benzene rings is 2. The predicted molar refractivity (Wildman–Crippen MR) is 150 cm³/mol. The average molecular weight is 621 g/mol. The molecule has 0 aliphatic carbocycles. The van der Waals surface area contributed by atoms with Crippen LogP contribution in [0.1, 0.15) is 52.8 Å². The van der Waals surface area contributed by atoms with Crippen molar-refractivity contribution in [2.24, 2.45) is 5.73 Å². The lowest BCUT2D eigenvalue weighted by Gasteiger charge is -2.22. The van der Waals surface area contributed by atoms with E-state index in [0.717, 1.165) is 29.1 Å². The van der Waals surface area contributed by atoms with E-state index in [4.69, 9.17) is 5.73 Å². The molecule has 0 fully saturated rings. The van der Waals surface area contributed by atoms with Crippen molar-refractivity contribution in [3.05, 3.63) is 106 Å². The Balaban J connectivity index is 0.00000259. The van der Waals surface area contributed by atoms with Gasteiger partial charge in [-0.1, -0.05) is 26.0 Å². The third kappa shape index (κ3) is 8.43. The molecule has 0 bridgehead atoms. The molecule has 0 aliphatic rings. The Kier molecular flexibility index (Phi) is 11.2. The minimum absolute atomic E-state index is 0.140. The maximum atomic E-state index is 14.2. The molecule has 44 heavy (non-hydrogen) atoms. The van der Waals surface area contributed by atoms with Crippen LogP contribution >= 0.6 is 0 Å². The molecule has 2 heterocycles. The summed E-state index contributed by atoms with van der Waals surface area (Å²) in [5, 5.41) is 8.80. The lowest BCUT2D eigenvalue weighted by Crippen LogP contribution is -2.34. The minimum atomic E-state index is -4.75. The van der Waals surface area contributed by atoms with Crippen LogP contribution in [0.25, 0.3) is 11.1 Å². The molecule has 0 radical (unpaired) electrons. The molecule has 2 amide bonds. The first-order valence-corrected chi connectivity index (χ1v) is 13.4. The van der Waals surface area contributed by atoms with E-state index in [-0.39, 0.29) is 29.8 Å². The maximum absolute atomic E-state index is 14.2. The molecule has 0 spiro atoms. The number of halogens is 6. The molecule has 234 valence electrons. The van der Waals surface area contributed by atoms with Gasteiger partial charge in [0.25, 0.3) is 5.91 Å². The topological polar surface area (TPSA) is 115 Å². The Bertz CT molecular complexity index is 1600. The number of nitrogens with two attached hydrogens (primary N) is 1. The summed E-state index contributed by atoms with van der Waals surface area (Å²) in [6.07, 6.45) is -2.46. The van der Waals surface area contributed by atoms with Gasteiger partial charge < -0.3 is 16.4 Å². The van der Waals surface area contributed by atoms with Crippen molar-refractivity contribution in [1.82, 2.24) is 25.4 Å². The van der Waals surface area contributed by atoms with Crippen LogP contribution in [0.5, 0.6) is 0 Å². The number of aromatic nitrogens is 3. The van der Waals surface area contributed by atoms with Crippen LogP contribution in [0, 0.1) is 17.5 Å². The zero-order valence-electron chi connectivity index (χ0n) is 24.0. The predicted octanol–water partition coefficient (Wildman–Crippen LogP) is 5.33. The molecule has 4 N–H and O–H groups in total. The van der Waals surface area contributed by atoms with Gasteiger partial charge in [-0.25, -0.2) is 13.2 Å². The van der Waals surface area contributed by atoms with E-state index < -0.39 is 59.3 Å². The van der Waals surface area contributed by atoms with E-state index >= 15 is 0 Å². The highest BCUT2D eigenvalue weighted by molar-refractivity contribution is 5.94. The van der Waals surface area contributed by atoms with E-state index in [1.54, 1.807) is 12.1 Å². The fraction of sp³-hybridized carbons (Fsp3) is 0.267. The standard InChI is InChI=1S/C28H24F6N6O2.C2H6/c1-36-12-17-13-40(39-26(17)28(32,33)34)14-24(41)38-23(9-15-7-18(29)11-19(30)8-15)25-20(3-2-6-37-25)16-4-5-22(31)21(10-16)27(35)42;1-2/h2-8,10-11,13,23,36H,9,12,14H2,1H3,(H2,35,42)(H,38,41);1-2H3. The smallest absolute Gasteiger partial charge is 0.366 e. The van der Waals surface area contributed by atoms with Gasteiger partial charge in [0.1, 0.15) is 24.0 Å². The van der Waals surface area contributed by atoms with E-state index in [1.165, 1.54) is 25.4 Å². The van der Waals surface area contributed by atoms with Crippen LogP contribution < -0.4 is 16.4 Å². The van der Waals surface area contributed by atoms with Crippen LogP contribution in [0.3, 0.4) is 0 Å². The van der Waals surface area contributed by atoms with Crippen molar-refractivity contribution >= 4 is 11.8 Å². The molecular weight excluding hydrogens is 590 g/mol. The number of nitrogens with zero attached hydrogens (tertiary/aromatic N) is 3. The highest BCUT2D eigenvalue weighted by Gasteiger charge is 2.37. The molecular formula is C30H30F6N6O2. The first-order valence-electron chi connectivity index (χ1n) is 13.4. The van der Waals surface area contributed by atoms with Gasteiger partial charge in [-0.3, -0.25) is 19.3 Å². The van der Waals surface area contributed by atoms with E-state index in [9.17, 15) is 35.9 Å². The number of rotatable bonds is 10. The Morgan fingerprint density at radius 2 is 1.70 bits per heavy atom. The molecule has 0 aliphatic heterocycles. The minimum Gasteiger partial charge on any atom is -0.366 e. The van der Waals surface area contributed by atoms with E-state index in [1.807, 2.05) is 13.8 Å². The second kappa shape index (κ2) is 14.6. The lowest BCUT2D eigenvalue weighted by molar-refractivity contribution is -0.142. The van der Waals surface area contributed by atoms with Gasteiger partial charge in [0.05, 0.1) is 17.3 Å². The third-order valence-corrected chi connectivity index (χ3v) is 6.19. The molecule has 1 unspecified atom stereocenters. The summed E-state index contributed by atoms with van der Waals surface area (Å²) in [5.74, 6) is -4.39. The van der Waals surface area contributed by atoms with Crippen LogP contribution in [-0.2, 0) is 30.5 Å². The second-order valence-corrected chi connectivity index (χ2v) is 9.33. The molecule has 4 aromatic rings. The number of pyridine rings is 1. The highest BCUT2D eigenvalue weighted by atomic mass is 19.4. The molecule has 0 saturated heterocycles. The van der Waals surface area contributed by atoms with Gasteiger partial charge in [0.2, 0.25) is 5.91 Å². The van der Waals surface area contributed by atoms with E-state index in [0.29, 0.717) is 17.2 Å². The number of carbonyl (C=O) groups is 2. The van der Waals surface area contributed by atoms with Crippen LogP contribution in [0.2, 0.25) is 0 Å². The largest absolute Gasteiger partial charge is 0.435 e. The second-order valence-electron chi connectivity index (χ2n) is 9.33. The monoisotopic (exact) mass is 620 g/mol. The highest BCUT2D eigenvalue weighted by Crippen LogP contribution is 2.32. The Hall–Kier alpha value is -4.72.